The highest BCUT2D eigenvalue weighted by Gasteiger charge is 2.33. The van der Waals surface area contributed by atoms with E-state index in [4.69, 9.17) is 18.9 Å². The van der Waals surface area contributed by atoms with Crippen molar-refractivity contribution in [3.8, 4) is 34.5 Å². The lowest BCUT2D eigenvalue weighted by atomic mass is 9.88. The minimum absolute atomic E-state index is 0.0568. The zero-order valence-corrected chi connectivity index (χ0v) is 23.1. The number of hydrogen-bond acceptors (Lipinski definition) is 6. The van der Waals surface area contributed by atoms with Gasteiger partial charge in [-0.1, -0.05) is 60.7 Å². The van der Waals surface area contributed by atoms with Crippen molar-refractivity contribution >= 4 is 0 Å². The van der Waals surface area contributed by atoms with E-state index in [0.29, 0.717) is 39.7 Å². The highest BCUT2D eigenvalue weighted by Crippen LogP contribution is 2.52. The quantitative estimate of drug-likeness (QED) is 0.272. The first-order valence-corrected chi connectivity index (χ1v) is 13.8. The minimum atomic E-state index is -0.156. The molecule has 40 heavy (non-hydrogen) atoms. The molecule has 0 saturated carbocycles. The van der Waals surface area contributed by atoms with Gasteiger partial charge in [-0.15, -0.1) is 0 Å². The molecule has 0 saturated heterocycles. The zero-order valence-electron chi connectivity index (χ0n) is 23.1. The minimum Gasteiger partial charge on any atom is -0.507 e. The summed E-state index contributed by atoms with van der Waals surface area (Å²) in [6, 6.07) is 21.9. The number of hydrogen-bond donors (Lipinski definition) is 2. The number of ether oxygens (including phenoxy) is 4. The number of fused-ring (bicyclic) bond motifs is 2. The Bertz CT molecular complexity index is 1530. The summed E-state index contributed by atoms with van der Waals surface area (Å²) >= 11 is 0. The Kier molecular flexibility index (Phi) is 6.93. The molecule has 6 heteroatoms. The van der Waals surface area contributed by atoms with Crippen molar-refractivity contribution in [3.05, 3.63) is 106 Å². The summed E-state index contributed by atoms with van der Waals surface area (Å²) in [6.07, 6.45) is 2.98. The van der Waals surface area contributed by atoms with E-state index >= 15 is 0 Å². The summed E-state index contributed by atoms with van der Waals surface area (Å²) < 4.78 is 24.6. The molecular formula is C34H34O6. The highest BCUT2D eigenvalue weighted by atomic mass is 16.5. The number of phenolic OH excluding ortho intramolecular Hbond substituents is 2. The van der Waals surface area contributed by atoms with Gasteiger partial charge in [0, 0.05) is 40.3 Å². The van der Waals surface area contributed by atoms with Crippen molar-refractivity contribution in [3.63, 3.8) is 0 Å². The average molecular weight is 539 g/mol. The van der Waals surface area contributed by atoms with Crippen LogP contribution in [0.1, 0.15) is 64.0 Å². The van der Waals surface area contributed by atoms with Gasteiger partial charge in [0.25, 0.3) is 0 Å². The second kappa shape index (κ2) is 10.7. The van der Waals surface area contributed by atoms with Crippen LogP contribution < -0.4 is 18.9 Å². The Morgan fingerprint density at radius 2 is 1.30 bits per heavy atom. The third kappa shape index (κ3) is 4.47. The van der Waals surface area contributed by atoms with Crippen LogP contribution in [0, 0.1) is 6.92 Å². The lowest BCUT2D eigenvalue weighted by molar-refractivity contribution is 0.169. The van der Waals surface area contributed by atoms with E-state index in [1.807, 2.05) is 43.3 Å². The molecule has 206 valence electrons. The first-order valence-electron chi connectivity index (χ1n) is 13.8. The van der Waals surface area contributed by atoms with Crippen LogP contribution in [0.3, 0.4) is 0 Å². The van der Waals surface area contributed by atoms with E-state index in [2.05, 4.69) is 24.3 Å². The third-order valence-corrected chi connectivity index (χ3v) is 8.18. The van der Waals surface area contributed by atoms with Crippen molar-refractivity contribution in [1.29, 1.82) is 0 Å². The predicted octanol–water partition coefficient (Wildman–Crippen LogP) is 7.15. The molecule has 0 radical (unpaired) electrons. The average Bonchev–Trinajstić information content (AvgIpc) is 3.00. The summed E-state index contributed by atoms with van der Waals surface area (Å²) in [5.41, 5.74) is 5.89. The Balaban J connectivity index is 1.47. The van der Waals surface area contributed by atoms with Crippen molar-refractivity contribution < 1.29 is 29.2 Å². The van der Waals surface area contributed by atoms with Crippen LogP contribution in [0.4, 0.5) is 0 Å². The third-order valence-electron chi connectivity index (χ3n) is 8.18. The van der Waals surface area contributed by atoms with Crippen LogP contribution in [0.5, 0.6) is 34.5 Å². The van der Waals surface area contributed by atoms with Crippen LogP contribution in [0.2, 0.25) is 0 Å². The molecule has 2 aliphatic heterocycles. The van der Waals surface area contributed by atoms with Gasteiger partial charge in [-0.05, 0) is 43.7 Å². The second-order valence-electron chi connectivity index (χ2n) is 10.5. The molecule has 0 fully saturated rings. The van der Waals surface area contributed by atoms with Gasteiger partial charge >= 0.3 is 0 Å². The van der Waals surface area contributed by atoms with E-state index in [-0.39, 0.29) is 30.1 Å². The zero-order chi connectivity index (χ0) is 27.8. The number of phenols is 2. The summed E-state index contributed by atoms with van der Waals surface area (Å²) in [7, 11) is 3.22. The summed E-state index contributed by atoms with van der Waals surface area (Å²) in [5, 5.41) is 22.8. The molecule has 2 N–H and O–H groups in total. The molecule has 4 aromatic rings. The van der Waals surface area contributed by atoms with E-state index < -0.39 is 0 Å². The van der Waals surface area contributed by atoms with E-state index in [0.717, 1.165) is 47.9 Å². The number of rotatable bonds is 6. The lowest BCUT2D eigenvalue weighted by Gasteiger charge is -2.32. The van der Waals surface area contributed by atoms with Crippen molar-refractivity contribution in [2.24, 2.45) is 0 Å². The second-order valence-corrected chi connectivity index (χ2v) is 10.5. The van der Waals surface area contributed by atoms with Gasteiger partial charge in [0.05, 0.1) is 14.2 Å². The number of methoxy groups -OCH3 is 2. The first-order chi connectivity index (χ1) is 19.5. The van der Waals surface area contributed by atoms with Crippen LogP contribution in [-0.4, -0.2) is 24.4 Å². The van der Waals surface area contributed by atoms with Crippen LogP contribution in [0.25, 0.3) is 0 Å². The number of aromatic hydroxyl groups is 2. The summed E-state index contributed by atoms with van der Waals surface area (Å²) in [4.78, 5) is 0. The molecule has 0 spiro atoms. The maximum absolute atomic E-state index is 11.5. The monoisotopic (exact) mass is 538 g/mol. The van der Waals surface area contributed by atoms with Crippen LogP contribution in [0.15, 0.2) is 66.7 Å². The van der Waals surface area contributed by atoms with Crippen molar-refractivity contribution in [2.45, 2.75) is 51.2 Å². The molecule has 0 amide bonds. The van der Waals surface area contributed by atoms with Gasteiger partial charge in [-0.25, -0.2) is 0 Å². The smallest absolute Gasteiger partial charge is 0.134 e. The standard InChI is InChI=1S/C34H34O6/c1-20-31(36)26(34-24(32(20)38-3)15-17-29(40-34)22-12-8-5-9-13-22)18-25-27(35)19-30(37-2)23-14-16-28(39-33(23)25)21-10-6-4-7-11-21/h4-13,19,28-29,35-36H,14-18H2,1-3H3/t28-,29-/m0/s1. The Morgan fingerprint density at radius 1 is 0.750 bits per heavy atom. The topological polar surface area (TPSA) is 77.4 Å². The molecule has 0 aliphatic carbocycles. The Morgan fingerprint density at radius 3 is 1.85 bits per heavy atom. The predicted molar refractivity (Wildman–Crippen MR) is 153 cm³/mol. The first kappa shape index (κ1) is 25.9. The molecule has 2 aliphatic rings. The van der Waals surface area contributed by atoms with E-state index in [9.17, 15) is 10.2 Å². The molecule has 0 unspecified atom stereocenters. The number of benzene rings is 4. The lowest BCUT2D eigenvalue weighted by Crippen LogP contribution is -2.19. The van der Waals surface area contributed by atoms with Crippen LogP contribution >= 0.6 is 0 Å². The fourth-order valence-electron chi connectivity index (χ4n) is 6.14. The fraction of sp³-hybridized carbons (Fsp3) is 0.294. The van der Waals surface area contributed by atoms with E-state index in [1.54, 1.807) is 20.3 Å². The normalized spacial score (nSPS) is 17.7. The fourth-order valence-corrected chi connectivity index (χ4v) is 6.14. The maximum atomic E-state index is 11.5. The summed E-state index contributed by atoms with van der Waals surface area (Å²) in [5.74, 6) is 2.61. The maximum Gasteiger partial charge on any atom is 0.134 e. The molecule has 0 aromatic heterocycles. The molecule has 0 bridgehead atoms. The molecular weight excluding hydrogens is 504 g/mol. The Labute approximate surface area is 234 Å². The molecule has 2 atom stereocenters. The molecule has 2 heterocycles. The SMILES string of the molecule is COc1cc(O)c(Cc2c(O)c(C)c(OC)c3c2O[C@H](c2ccccc2)CC3)c2c1CC[C@@H](c1ccccc1)O2. The van der Waals surface area contributed by atoms with Gasteiger partial charge in [0.1, 0.15) is 46.7 Å². The van der Waals surface area contributed by atoms with Crippen LogP contribution in [-0.2, 0) is 19.3 Å². The summed E-state index contributed by atoms with van der Waals surface area (Å²) in [6.45, 7) is 1.85. The van der Waals surface area contributed by atoms with Gasteiger partial charge in [0.2, 0.25) is 0 Å². The van der Waals surface area contributed by atoms with Crippen molar-refractivity contribution in [2.75, 3.05) is 14.2 Å². The Hall–Kier alpha value is -4.32. The van der Waals surface area contributed by atoms with Gasteiger partial charge in [-0.3, -0.25) is 0 Å². The van der Waals surface area contributed by atoms with Gasteiger partial charge in [0.15, 0.2) is 0 Å². The van der Waals surface area contributed by atoms with E-state index in [1.165, 1.54) is 0 Å². The van der Waals surface area contributed by atoms with Gasteiger partial charge in [-0.2, -0.15) is 0 Å². The van der Waals surface area contributed by atoms with Gasteiger partial charge < -0.3 is 29.2 Å². The molecule has 6 nitrogen and oxygen atoms in total. The molecule has 4 aromatic carbocycles. The highest BCUT2D eigenvalue weighted by molar-refractivity contribution is 5.66. The van der Waals surface area contributed by atoms with Crippen molar-refractivity contribution in [1.82, 2.24) is 0 Å². The molecule has 6 rings (SSSR count). The largest absolute Gasteiger partial charge is 0.507 e.